The van der Waals surface area contributed by atoms with Crippen LogP contribution in [0.4, 0.5) is 0 Å². The molecular formula is C29H36O6. The van der Waals surface area contributed by atoms with Crippen molar-refractivity contribution in [2.75, 3.05) is 26.4 Å². The average molecular weight is 481 g/mol. The van der Waals surface area contributed by atoms with Gasteiger partial charge in [-0.1, -0.05) is 37.4 Å². The third-order valence-electron chi connectivity index (χ3n) is 5.06. The first-order chi connectivity index (χ1) is 16.8. The average Bonchev–Trinajstić information content (AvgIpc) is 2.85. The van der Waals surface area contributed by atoms with Crippen LogP contribution >= 0.6 is 0 Å². The number of rotatable bonds is 16. The molecule has 0 saturated carbocycles. The molecule has 0 spiro atoms. The Balaban J connectivity index is 1.59. The molecule has 2 aromatic carbocycles. The van der Waals surface area contributed by atoms with E-state index < -0.39 is 0 Å². The molecule has 2 rings (SSSR count). The normalized spacial score (nSPS) is 10.3. The quantitative estimate of drug-likeness (QED) is 0.176. The third kappa shape index (κ3) is 11.4. The molecule has 0 heterocycles. The lowest BCUT2D eigenvalue weighted by atomic mass is 10.0. The largest absolute Gasteiger partial charge is 0.493 e. The summed E-state index contributed by atoms with van der Waals surface area (Å²) in [6.45, 7) is 12.0. The molecule has 0 atom stereocenters. The summed E-state index contributed by atoms with van der Waals surface area (Å²) in [5.41, 5.74) is 3.33. The number of esters is 2. The van der Waals surface area contributed by atoms with Crippen LogP contribution in [0.15, 0.2) is 72.8 Å². The maximum atomic E-state index is 11.3. The molecule has 0 amide bonds. The lowest BCUT2D eigenvalue weighted by molar-refractivity contribution is -0.140. The zero-order valence-corrected chi connectivity index (χ0v) is 20.8. The molecule has 6 nitrogen and oxygen atoms in total. The molecule has 2 aromatic rings. The van der Waals surface area contributed by atoms with Crippen molar-refractivity contribution in [2.24, 2.45) is 0 Å². The Kier molecular flexibility index (Phi) is 12.2. The maximum absolute atomic E-state index is 11.3. The second-order valence-corrected chi connectivity index (χ2v) is 8.38. The molecule has 0 unspecified atom stereocenters. The van der Waals surface area contributed by atoms with Gasteiger partial charge in [0.15, 0.2) is 0 Å². The Hall–Kier alpha value is -3.54. The first-order valence-corrected chi connectivity index (χ1v) is 11.9. The minimum Gasteiger partial charge on any atom is -0.493 e. The lowest BCUT2D eigenvalue weighted by Gasteiger charge is -2.09. The predicted molar refractivity (Wildman–Crippen MR) is 137 cm³/mol. The smallest absolute Gasteiger partial charge is 0.333 e. The lowest BCUT2D eigenvalue weighted by Crippen LogP contribution is -2.09. The number of aryl methyl sites for hydroxylation is 2. The second-order valence-electron chi connectivity index (χ2n) is 8.38. The van der Waals surface area contributed by atoms with E-state index in [0.29, 0.717) is 50.4 Å². The molecule has 0 aliphatic carbocycles. The van der Waals surface area contributed by atoms with Crippen LogP contribution in [-0.4, -0.2) is 38.4 Å². The van der Waals surface area contributed by atoms with Crippen molar-refractivity contribution in [1.82, 2.24) is 0 Å². The number of carbonyl (C=O) groups excluding carboxylic acids is 2. The van der Waals surface area contributed by atoms with Crippen LogP contribution in [0.1, 0.15) is 44.2 Å². The number of ether oxygens (including phenoxy) is 4. The molecule has 0 saturated heterocycles. The van der Waals surface area contributed by atoms with Crippen molar-refractivity contribution < 1.29 is 28.5 Å². The maximum Gasteiger partial charge on any atom is 0.333 e. The van der Waals surface area contributed by atoms with Gasteiger partial charge in [-0.05, 0) is 68.5 Å². The predicted octanol–water partition coefficient (Wildman–Crippen LogP) is 5.64. The molecule has 0 radical (unpaired) electrons. The van der Waals surface area contributed by atoms with E-state index in [-0.39, 0.29) is 11.9 Å². The Labute approximate surface area is 208 Å². The summed E-state index contributed by atoms with van der Waals surface area (Å²) in [6.07, 6.45) is 4.28. The zero-order chi connectivity index (χ0) is 25.5. The third-order valence-corrected chi connectivity index (χ3v) is 5.06. The molecule has 0 aromatic heterocycles. The first kappa shape index (κ1) is 27.7. The van der Waals surface area contributed by atoms with Gasteiger partial charge < -0.3 is 18.9 Å². The molecule has 0 aliphatic rings. The van der Waals surface area contributed by atoms with Crippen LogP contribution in [0.2, 0.25) is 0 Å². The highest BCUT2D eigenvalue weighted by molar-refractivity contribution is 5.87. The van der Waals surface area contributed by atoms with Crippen molar-refractivity contribution in [2.45, 2.75) is 46.0 Å². The van der Waals surface area contributed by atoms with Crippen LogP contribution in [0.25, 0.3) is 0 Å². The summed E-state index contributed by atoms with van der Waals surface area (Å²) in [5.74, 6) is 0.887. The second kappa shape index (κ2) is 15.4. The summed E-state index contributed by atoms with van der Waals surface area (Å²) in [5, 5.41) is 0. The van der Waals surface area contributed by atoms with Crippen LogP contribution in [-0.2, 0) is 31.9 Å². The van der Waals surface area contributed by atoms with Crippen molar-refractivity contribution in [1.29, 1.82) is 0 Å². The highest BCUT2D eigenvalue weighted by Gasteiger charge is 2.04. The topological polar surface area (TPSA) is 71.1 Å². The van der Waals surface area contributed by atoms with Crippen LogP contribution in [0, 0.1) is 0 Å². The van der Waals surface area contributed by atoms with Gasteiger partial charge in [0.1, 0.15) is 11.5 Å². The summed E-state index contributed by atoms with van der Waals surface area (Å²) < 4.78 is 21.5. The molecule has 188 valence electrons. The number of carbonyl (C=O) groups is 2. The van der Waals surface area contributed by atoms with Crippen LogP contribution in [0.3, 0.4) is 0 Å². The van der Waals surface area contributed by atoms with Crippen LogP contribution in [0.5, 0.6) is 11.5 Å². The van der Waals surface area contributed by atoms with E-state index in [1.165, 1.54) is 11.1 Å². The monoisotopic (exact) mass is 480 g/mol. The van der Waals surface area contributed by atoms with Gasteiger partial charge in [-0.3, -0.25) is 0 Å². The van der Waals surface area contributed by atoms with E-state index >= 15 is 0 Å². The minimum atomic E-state index is -0.366. The van der Waals surface area contributed by atoms with Crippen molar-refractivity contribution in [3.05, 3.63) is 84.0 Å². The van der Waals surface area contributed by atoms with E-state index in [9.17, 15) is 9.59 Å². The van der Waals surface area contributed by atoms with E-state index in [1.807, 2.05) is 24.3 Å². The minimum absolute atomic E-state index is 0.323. The fourth-order valence-corrected chi connectivity index (χ4v) is 3.08. The standard InChI is InChI=1S/C29H36O6/c1-22(2)28(30)34-20-6-18-32-26-14-10-24(11-15-26)8-5-9-25-12-16-27(17-13-25)33-19-7-21-35-29(31)23(3)4/h10-17H,1,3,5-9,18-21H2,2,4H3. The van der Waals surface area contributed by atoms with Gasteiger partial charge in [-0.25, -0.2) is 9.59 Å². The van der Waals surface area contributed by atoms with Crippen LogP contribution < -0.4 is 9.47 Å². The van der Waals surface area contributed by atoms with E-state index in [1.54, 1.807) is 13.8 Å². The fraction of sp³-hybridized carbons (Fsp3) is 0.379. The molecule has 0 bridgehead atoms. The van der Waals surface area contributed by atoms with E-state index in [0.717, 1.165) is 30.8 Å². The molecule has 35 heavy (non-hydrogen) atoms. The highest BCUT2D eigenvalue weighted by Crippen LogP contribution is 2.17. The Morgan fingerprint density at radius 3 is 1.31 bits per heavy atom. The molecule has 0 aliphatic heterocycles. The highest BCUT2D eigenvalue weighted by atomic mass is 16.5. The van der Waals surface area contributed by atoms with Gasteiger partial charge in [-0.15, -0.1) is 0 Å². The van der Waals surface area contributed by atoms with Gasteiger partial charge in [0, 0.05) is 24.0 Å². The summed E-state index contributed by atoms with van der Waals surface area (Å²) >= 11 is 0. The van der Waals surface area contributed by atoms with E-state index in [2.05, 4.69) is 37.4 Å². The molecular weight excluding hydrogens is 444 g/mol. The van der Waals surface area contributed by atoms with Gasteiger partial charge in [-0.2, -0.15) is 0 Å². The molecule has 0 fully saturated rings. The number of hydrogen-bond donors (Lipinski definition) is 0. The van der Waals surface area contributed by atoms with Gasteiger partial charge in [0.2, 0.25) is 0 Å². The van der Waals surface area contributed by atoms with Gasteiger partial charge in [0.05, 0.1) is 26.4 Å². The van der Waals surface area contributed by atoms with Gasteiger partial charge in [0.25, 0.3) is 0 Å². The zero-order valence-electron chi connectivity index (χ0n) is 20.8. The Bertz CT molecular complexity index is 880. The summed E-state index contributed by atoms with van der Waals surface area (Å²) in [7, 11) is 0. The first-order valence-electron chi connectivity index (χ1n) is 11.9. The van der Waals surface area contributed by atoms with Crippen molar-refractivity contribution >= 4 is 11.9 Å². The molecule has 0 N–H and O–H groups in total. The van der Waals surface area contributed by atoms with Crippen molar-refractivity contribution in [3.8, 4) is 11.5 Å². The van der Waals surface area contributed by atoms with Crippen molar-refractivity contribution in [3.63, 3.8) is 0 Å². The summed E-state index contributed by atoms with van der Waals surface area (Å²) in [4.78, 5) is 22.6. The SMILES string of the molecule is C=C(C)C(=O)OCCCOc1ccc(CCCc2ccc(OCCCOC(=O)C(=C)C)cc2)cc1. The summed E-state index contributed by atoms with van der Waals surface area (Å²) in [6, 6.07) is 16.2. The van der Waals surface area contributed by atoms with E-state index in [4.69, 9.17) is 18.9 Å². The fourth-order valence-electron chi connectivity index (χ4n) is 3.08. The number of hydrogen-bond acceptors (Lipinski definition) is 6. The molecule has 6 heteroatoms. The Morgan fingerprint density at radius 2 is 0.971 bits per heavy atom. The number of benzene rings is 2. The van der Waals surface area contributed by atoms with Gasteiger partial charge >= 0.3 is 11.9 Å². The Morgan fingerprint density at radius 1 is 0.600 bits per heavy atom.